The maximum atomic E-state index is 13.1. The molecule has 0 aromatic heterocycles. The molecule has 1 saturated heterocycles. The molecule has 0 aliphatic carbocycles. The molecule has 0 unspecified atom stereocenters. The predicted octanol–water partition coefficient (Wildman–Crippen LogP) is 2.63. The fourth-order valence-corrected chi connectivity index (χ4v) is 5.73. The fourth-order valence-electron chi connectivity index (χ4n) is 5.41. The molecule has 3 N–H and O–H groups in total. The number of aliphatic hydroxyl groups excluding tert-OH is 1. The highest BCUT2D eigenvalue weighted by atomic mass is 35.5. The van der Waals surface area contributed by atoms with Gasteiger partial charge in [0.05, 0.1) is 69.3 Å². The first-order chi connectivity index (χ1) is 18.6. The molecule has 40 heavy (non-hydrogen) atoms. The van der Waals surface area contributed by atoms with Gasteiger partial charge in [-0.1, -0.05) is 43.1 Å². The van der Waals surface area contributed by atoms with Crippen LogP contribution in [0.5, 0.6) is 17.2 Å². The van der Waals surface area contributed by atoms with E-state index in [2.05, 4.69) is 24.5 Å². The second-order valence-electron chi connectivity index (χ2n) is 10.7. The highest BCUT2D eigenvalue weighted by molar-refractivity contribution is 6.42. The number of rotatable bonds is 12. The van der Waals surface area contributed by atoms with Crippen LogP contribution in [0.15, 0.2) is 30.3 Å². The normalized spacial score (nSPS) is 19.4. The van der Waals surface area contributed by atoms with Crippen molar-refractivity contribution in [1.29, 1.82) is 0 Å². The Morgan fingerprint density at radius 2 is 1.65 bits per heavy atom. The van der Waals surface area contributed by atoms with E-state index in [1.54, 1.807) is 12.1 Å². The average Bonchev–Trinajstić information content (AvgIpc) is 2.91. The average molecular weight is 619 g/mol. The van der Waals surface area contributed by atoms with Crippen molar-refractivity contribution in [3.63, 3.8) is 0 Å². The van der Waals surface area contributed by atoms with E-state index in [1.165, 1.54) is 26.9 Å². The number of piperidine rings is 1. The molecular weight excluding hydrogens is 577 g/mol. The molecule has 2 amide bonds. The van der Waals surface area contributed by atoms with Gasteiger partial charge < -0.3 is 46.8 Å². The van der Waals surface area contributed by atoms with Gasteiger partial charge in [-0.2, -0.15) is 0 Å². The second kappa shape index (κ2) is 15.8. The summed E-state index contributed by atoms with van der Waals surface area (Å²) >= 11 is 12.3. The number of carbonyl (C=O) groups is 1. The summed E-state index contributed by atoms with van der Waals surface area (Å²) in [6.07, 6.45) is 3.05. The zero-order valence-electron chi connectivity index (χ0n) is 23.9. The highest BCUT2D eigenvalue weighted by Crippen LogP contribution is 2.40. The lowest BCUT2D eigenvalue weighted by Gasteiger charge is -2.46. The molecule has 2 aromatic carbocycles. The van der Waals surface area contributed by atoms with Crippen LogP contribution in [0, 0.1) is 11.8 Å². The lowest BCUT2D eigenvalue weighted by Crippen LogP contribution is -3.00. The first kappa shape index (κ1) is 34.1. The molecule has 1 fully saturated rings. The molecule has 3 rings (SSSR count). The molecule has 1 aliphatic heterocycles. The Kier molecular flexibility index (Phi) is 13.5. The monoisotopic (exact) mass is 617 g/mol. The first-order valence-corrected chi connectivity index (χ1v) is 14.2. The minimum absolute atomic E-state index is 0. The van der Waals surface area contributed by atoms with E-state index < -0.39 is 0 Å². The van der Waals surface area contributed by atoms with Crippen molar-refractivity contribution < 1.29 is 41.0 Å². The van der Waals surface area contributed by atoms with Crippen molar-refractivity contribution >= 4 is 34.9 Å². The smallest absolute Gasteiger partial charge is 0.319 e. The van der Waals surface area contributed by atoms with Crippen LogP contribution in [-0.2, 0) is 6.42 Å². The van der Waals surface area contributed by atoms with Gasteiger partial charge in [0.25, 0.3) is 0 Å². The number of benzene rings is 2. The Bertz CT molecular complexity index is 1090. The maximum Gasteiger partial charge on any atom is 0.319 e. The maximum absolute atomic E-state index is 13.1. The number of methoxy groups -OCH3 is 3. The van der Waals surface area contributed by atoms with E-state index in [0.717, 1.165) is 43.4 Å². The third kappa shape index (κ3) is 8.95. The number of urea groups is 1. The Morgan fingerprint density at radius 1 is 1.02 bits per heavy atom. The van der Waals surface area contributed by atoms with Gasteiger partial charge in [0.2, 0.25) is 5.75 Å². The molecule has 11 heteroatoms. The lowest BCUT2D eigenvalue weighted by molar-refractivity contribution is -0.935. The van der Waals surface area contributed by atoms with E-state index >= 15 is 0 Å². The van der Waals surface area contributed by atoms with E-state index in [-0.39, 0.29) is 37.0 Å². The van der Waals surface area contributed by atoms with Crippen LogP contribution in [0.3, 0.4) is 0 Å². The molecule has 1 atom stereocenters. The first-order valence-electron chi connectivity index (χ1n) is 13.4. The van der Waals surface area contributed by atoms with Crippen molar-refractivity contribution in [2.24, 2.45) is 11.8 Å². The number of nitrogens with one attached hydrogen (secondary N) is 2. The van der Waals surface area contributed by atoms with Crippen molar-refractivity contribution in [3.05, 3.63) is 45.9 Å². The van der Waals surface area contributed by atoms with E-state index in [1.807, 2.05) is 18.2 Å². The summed E-state index contributed by atoms with van der Waals surface area (Å²) in [6, 6.07) is 8.87. The summed E-state index contributed by atoms with van der Waals surface area (Å²) in [6.45, 7) is 7.64. The Hall–Kier alpha value is -2.10. The van der Waals surface area contributed by atoms with Gasteiger partial charge in [-0.15, -0.1) is 0 Å². The van der Waals surface area contributed by atoms with E-state index in [0.29, 0.717) is 45.4 Å². The molecule has 0 radical (unpaired) electrons. The van der Waals surface area contributed by atoms with Gasteiger partial charge >= 0.3 is 6.03 Å². The quantitative estimate of drug-likeness (QED) is 0.319. The predicted molar refractivity (Wildman–Crippen MR) is 157 cm³/mol. The lowest BCUT2D eigenvalue weighted by atomic mass is 9.88. The van der Waals surface area contributed by atoms with Crippen molar-refractivity contribution in [3.8, 4) is 17.2 Å². The molecule has 2 aromatic rings. The zero-order valence-corrected chi connectivity index (χ0v) is 26.2. The van der Waals surface area contributed by atoms with Crippen molar-refractivity contribution in [1.82, 2.24) is 5.32 Å². The number of aliphatic hydroxyl groups is 1. The van der Waals surface area contributed by atoms with Gasteiger partial charge in [-0.3, -0.25) is 0 Å². The van der Waals surface area contributed by atoms with Crippen molar-refractivity contribution in [2.45, 2.75) is 39.2 Å². The van der Waals surface area contributed by atoms with Gasteiger partial charge in [-0.25, -0.2) is 4.79 Å². The summed E-state index contributed by atoms with van der Waals surface area (Å²) in [7, 11) is 4.61. The highest BCUT2D eigenvalue weighted by Gasteiger charge is 2.37. The number of quaternary nitrogens is 1. The van der Waals surface area contributed by atoms with E-state index in [9.17, 15) is 9.90 Å². The van der Waals surface area contributed by atoms with E-state index in [4.69, 9.17) is 37.4 Å². The Balaban J connectivity index is 0.00000560. The molecule has 224 valence electrons. The Morgan fingerprint density at radius 3 is 2.15 bits per heavy atom. The molecule has 0 bridgehead atoms. The van der Waals surface area contributed by atoms with Crippen LogP contribution >= 0.6 is 23.2 Å². The summed E-state index contributed by atoms with van der Waals surface area (Å²) in [5, 5.41) is 17.2. The second-order valence-corrected chi connectivity index (χ2v) is 11.5. The minimum Gasteiger partial charge on any atom is -1.00 e. The number of hydrogen-bond acceptors (Lipinski definition) is 5. The molecule has 0 spiro atoms. The van der Waals surface area contributed by atoms with Crippen LogP contribution in [-0.4, -0.2) is 75.8 Å². The molecule has 0 saturated carbocycles. The molecule has 1 heterocycles. The van der Waals surface area contributed by atoms with Gasteiger partial charge in [-0.05, 0) is 48.8 Å². The number of carbonyl (C=O) groups excluding carboxylic acids is 1. The number of halogens is 3. The number of anilines is 1. The van der Waals surface area contributed by atoms with Gasteiger partial charge in [0.15, 0.2) is 11.5 Å². The summed E-state index contributed by atoms with van der Waals surface area (Å²) < 4.78 is 17.0. The SMILES string of the molecule is COc1cc(NC(=O)N[C@@H](C[N+]2(CCO)CCC(Cc3ccc(Cl)c(Cl)c3)CC2)C(C)C)cc(OC)c1OC.[Cl-]. The standard InChI is InChI=1S/C29H41Cl2N3O5.ClH/c1-19(2)25(33-29(36)32-22-16-26(37-3)28(39-5)27(17-22)38-4)18-34(12-13-35)10-8-20(9-11-34)14-21-6-7-23(30)24(31)15-21;/h6-7,15-17,19-20,25,35H,8-14,18H2,1-5H3,(H-,32,33,36);1H/t20?,25-,34?;/m0./s1. The Labute approximate surface area is 254 Å². The van der Waals surface area contributed by atoms with Crippen LogP contribution in [0.1, 0.15) is 32.3 Å². The third-order valence-electron chi connectivity index (χ3n) is 7.73. The van der Waals surface area contributed by atoms with Crippen LogP contribution in [0.25, 0.3) is 0 Å². The third-order valence-corrected chi connectivity index (χ3v) is 8.47. The molecule has 8 nitrogen and oxygen atoms in total. The largest absolute Gasteiger partial charge is 1.00 e. The minimum atomic E-state index is -0.306. The fraction of sp³-hybridized carbons (Fsp3) is 0.552. The summed E-state index contributed by atoms with van der Waals surface area (Å²) in [5.41, 5.74) is 1.73. The number of amides is 2. The van der Waals surface area contributed by atoms with Gasteiger partial charge in [0, 0.05) is 12.1 Å². The number of nitrogens with zero attached hydrogens (tertiary/aromatic N) is 1. The zero-order chi connectivity index (χ0) is 28.6. The topological polar surface area (TPSA) is 89.1 Å². The van der Waals surface area contributed by atoms with Crippen LogP contribution in [0.4, 0.5) is 10.5 Å². The summed E-state index contributed by atoms with van der Waals surface area (Å²) in [4.78, 5) is 13.1. The number of likely N-dealkylation sites (tertiary alicyclic amines) is 1. The molecular formula is C29H42Cl3N3O5. The van der Waals surface area contributed by atoms with Crippen LogP contribution in [0.2, 0.25) is 10.0 Å². The number of hydrogen-bond donors (Lipinski definition) is 3. The molecule has 1 aliphatic rings. The van der Waals surface area contributed by atoms with Gasteiger partial charge in [0.1, 0.15) is 6.54 Å². The number of ether oxygens (including phenoxy) is 3. The van der Waals surface area contributed by atoms with Crippen molar-refractivity contribution in [2.75, 3.05) is 59.4 Å². The van der Waals surface area contributed by atoms with Crippen LogP contribution < -0.4 is 37.3 Å². The summed E-state index contributed by atoms with van der Waals surface area (Å²) in [5.74, 6) is 2.14.